The minimum Gasteiger partial charge on any atom is -0.458 e. The molecule has 4 aliphatic carbocycles. The van der Waals surface area contributed by atoms with Gasteiger partial charge in [-0.25, -0.2) is 4.79 Å². The number of rotatable bonds is 13. The van der Waals surface area contributed by atoms with Crippen LogP contribution in [-0.2, 0) is 33.3 Å². The lowest BCUT2D eigenvalue weighted by molar-refractivity contribution is -0.266. The maximum absolute atomic E-state index is 14.4. The maximum atomic E-state index is 14.4. The first kappa shape index (κ1) is 39.0. The van der Waals surface area contributed by atoms with Crippen molar-refractivity contribution in [3.05, 3.63) is 35.9 Å². The molecule has 13 unspecified atom stereocenters. The Kier molecular flexibility index (Phi) is 12.0. The zero-order valence-electron chi connectivity index (χ0n) is 30.5. The van der Waals surface area contributed by atoms with E-state index in [9.17, 15) is 34.8 Å². The van der Waals surface area contributed by atoms with Crippen molar-refractivity contribution in [3.8, 4) is 0 Å². The number of ketones is 2. The van der Waals surface area contributed by atoms with Crippen molar-refractivity contribution in [3.63, 3.8) is 0 Å². The lowest BCUT2D eigenvalue weighted by Crippen LogP contribution is -2.74. The molecule has 4 N–H and O–H groups in total. The summed E-state index contributed by atoms with van der Waals surface area (Å²) in [5, 5.41) is 48.0. The van der Waals surface area contributed by atoms with Crippen molar-refractivity contribution in [1.29, 1.82) is 0 Å². The van der Waals surface area contributed by atoms with E-state index in [-0.39, 0.29) is 44.0 Å². The molecule has 4 saturated carbocycles. The molecule has 2 bridgehead atoms. The van der Waals surface area contributed by atoms with Gasteiger partial charge >= 0.3 is 5.97 Å². The summed E-state index contributed by atoms with van der Waals surface area (Å²) in [7, 11) is 0. The molecular formula is C39H58O11. The standard InChI is InChI=1S/C39H58O11/c1-7-13-47-14-15-48-21-31(42)50-29(22(2)24-11-9-8-10-12-24)20-49-28-19-39(46)35(44)33-27(40)17-25-16-26(25)18-30(41)38(33,6)36(45)34(43)32(23(28)3)37(39,4)5/h8-12,22-23,25-30,32-33,35,40-41,44,46H,7,13-21H2,1-6H3. The van der Waals surface area contributed by atoms with Gasteiger partial charge in [-0.3, -0.25) is 9.59 Å². The molecule has 0 saturated heterocycles. The van der Waals surface area contributed by atoms with Gasteiger partial charge in [0.25, 0.3) is 0 Å². The Balaban J connectivity index is 1.40. The van der Waals surface area contributed by atoms with Crippen molar-refractivity contribution in [2.45, 2.75) is 116 Å². The molecule has 5 rings (SSSR count). The Hall–Kier alpha value is -2.25. The first-order valence-corrected chi connectivity index (χ1v) is 18.5. The van der Waals surface area contributed by atoms with Gasteiger partial charge < -0.3 is 39.4 Å². The lowest BCUT2D eigenvalue weighted by Gasteiger charge is -2.62. The summed E-state index contributed by atoms with van der Waals surface area (Å²) in [5.74, 6) is -5.10. The topological polar surface area (TPSA) is 169 Å². The summed E-state index contributed by atoms with van der Waals surface area (Å²) in [6, 6.07) is 9.52. The molecule has 0 spiro atoms. The van der Waals surface area contributed by atoms with Gasteiger partial charge in [-0.2, -0.15) is 0 Å². The number of fused-ring (bicyclic) bond motifs is 4. The van der Waals surface area contributed by atoms with Crippen LogP contribution in [0.3, 0.4) is 0 Å². The molecule has 4 aliphatic rings. The van der Waals surface area contributed by atoms with Crippen LogP contribution >= 0.6 is 0 Å². The number of hydrogen-bond acceptors (Lipinski definition) is 11. The third-order valence-corrected chi connectivity index (χ3v) is 12.9. The van der Waals surface area contributed by atoms with E-state index in [1.54, 1.807) is 20.8 Å². The lowest BCUT2D eigenvalue weighted by atomic mass is 9.45. The quantitative estimate of drug-likeness (QED) is 0.135. The molecular weight excluding hydrogens is 644 g/mol. The van der Waals surface area contributed by atoms with Gasteiger partial charge in [-0.15, -0.1) is 0 Å². The first-order chi connectivity index (χ1) is 23.6. The second-order valence-corrected chi connectivity index (χ2v) is 16.2. The average Bonchev–Trinajstić information content (AvgIpc) is 3.80. The Labute approximate surface area is 296 Å². The number of hydrogen-bond donors (Lipinski definition) is 4. The summed E-state index contributed by atoms with van der Waals surface area (Å²) < 4.78 is 23.3. The highest BCUT2D eigenvalue weighted by Gasteiger charge is 2.71. The highest BCUT2D eigenvalue weighted by Crippen LogP contribution is 2.61. The molecule has 11 heteroatoms. The first-order valence-electron chi connectivity index (χ1n) is 18.5. The van der Waals surface area contributed by atoms with Crippen LogP contribution in [0.4, 0.5) is 0 Å². The summed E-state index contributed by atoms with van der Waals surface area (Å²) in [4.78, 5) is 41.7. The van der Waals surface area contributed by atoms with Crippen LogP contribution in [0, 0.1) is 40.4 Å². The fourth-order valence-electron chi connectivity index (χ4n) is 9.41. The molecule has 0 amide bonds. The molecule has 0 aliphatic heterocycles. The molecule has 1 aromatic rings. The van der Waals surface area contributed by atoms with Crippen LogP contribution in [0.25, 0.3) is 0 Å². The monoisotopic (exact) mass is 702 g/mol. The number of esters is 1. The Bertz CT molecular complexity index is 1350. The molecule has 13 atom stereocenters. The number of carbonyl (C=O) groups is 3. The number of ether oxygens (including phenoxy) is 4. The third kappa shape index (κ3) is 7.21. The van der Waals surface area contributed by atoms with Crippen LogP contribution in [0.2, 0.25) is 0 Å². The van der Waals surface area contributed by atoms with Gasteiger partial charge in [-0.1, -0.05) is 65.0 Å². The minimum atomic E-state index is -1.98. The van der Waals surface area contributed by atoms with Crippen LogP contribution < -0.4 is 0 Å². The average molecular weight is 703 g/mol. The van der Waals surface area contributed by atoms with Crippen molar-refractivity contribution >= 4 is 17.5 Å². The van der Waals surface area contributed by atoms with E-state index in [4.69, 9.17) is 18.9 Å². The molecule has 1 aromatic carbocycles. The van der Waals surface area contributed by atoms with Gasteiger partial charge in [0.05, 0.1) is 55.3 Å². The van der Waals surface area contributed by atoms with E-state index in [2.05, 4.69) is 0 Å². The Morgan fingerprint density at radius 2 is 1.62 bits per heavy atom. The van der Waals surface area contributed by atoms with Crippen molar-refractivity contribution < 1.29 is 53.8 Å². The summed E-state index contributed by atoms with van der Waals surface area (Å²) in [6.45, 7) is 11.4. The number of aliphatic hydroxyl groups excluding tert-OH is 3. The van der Waals surface area contributed by atoms with E-state index in [1.807, 2.05) is 44.2 Å². The fourth-order valence-corrected chi connectivity index (χ4v) is 9.41. The normalized spacial score (nSPS) is 39.1. The number of Topliss-reactive ketones (excluding diaryl/α,β-unsaturated/α-hetero) is 2. The van der Waals surface area contributed by atoms with E-state index >= 15 is 0 Å². The highest BCUT2D eigenvalue weighted by molar-refractivity contribution is 6.40. The largest absolute Gasteiger partial charge is 0.458 e. The van der Waals surface area contributed by atoms with Crippen molar-refractivity contribution in [2.75, 3.05) is 33.0 Å². The number of aliphatic hydroxyl groups is 4. The predicted molar refractivity (Wildman–Crippen MR) is 183 cm³/mol. The van der Waals surface area contributed by atoms with Crippen LogP contribution in [0.15, 0.2) is 30.3 Å². The van der Waals surface area contributed by atoms with E-state index in [1.165, 1.54) is 6.92 Å². The maximum Gasteiger partial charge on any atom is 0.332 e. The zero-order valence-corrected chi connectivity index (χ0v) is 30.5. The number of carbonyl (C=O) groups excluding carboxylic acids is 3. The predicted octanol–water partition coefficient (Wildman–Crippen LogP) is 3.23. The van der Waals surface area contributed by atoms with Crippen LogP contribution in [-0.4, -0.2) is 107 Å². The summed E-state index contributed by atoms with van der Waals surface area (Å²) in [6.07, 6.45) is -3.56. The SMILES string of the molecule is CCCOCCOCC(=O)OC(COC1CC2(O)C(O)C3C(O)CC4CC4CC(O)C3(C)C(=O)C(=O)C(C1C)C2(C)C)C(C)c1ccccc1. The fraction of sp³-hybridized carbons (Fsp3) is 0.769. The molecule has 0 radical (unpaired) electrons. The van der Waals surface area contributed by atoms with E-state index in [0.29, 0.717) is 26.1 Å². The van der Waals surface area contributed by atoms with Gasteiger partial charge in [0.15, 0.2) is 0 Å². The highest BCUT2D eigenvalue weighted by atomic mass is 16.6. The third-order valence-electron chi connectivity index (χ3n) is 12.9. The molecule has 0 aromatic heterocycles. The van der Waals surface area contributed by atoms with Crippen molar-refractivity contribution in [2.24, 2.45) is 40.4 Å². The van der Waals surface area contributed by atoms with E-state index < -0.39 is 82.2 Å². The molecule has 4 fully saturated rings. The molecule has 50 heavy (non-hydrogen) atoms. The molecule has 280 valence electrons. The second kappa shape index (κ2) is 15.4. The van der Waals surface area contributed by atoms with Crippen LogP contribution in [0.5, 0.6) is 0 Å². The molecule has 0 heterocycles. The van der Waals surface area contributed by atoms with Crippen LogP contribution in [0.1, 0.15) is 85.1 Å². The van der Waals surface area contributed by atoms with E-state index in [0.717, 1.165) is 18.4 Å². The Morgan fingerprint density at radius 3 is 2.30 bits per heavy atom. The zero-order chi connectivity index (χ0) is 36.6. The van der Waals surface area contributed by atoms with Crippen molar-refractivity contribution in [1.82, 2.24) is 0 Å². The smallest absolute Gasteiger partial charge is 0.332 e. The minimum absolute atomic E-state index is 0.0938. The van der Waals surface area contributed by atoms with Gasteiger partial charge in [0.1, 0.15) is 12.7 Å². The number of benzene rings is 1. The van der Waals surface area contributed by atoms with Gasteiger partial charge in [-0.05, 0) is 55.9 Å². The van der Waals surface area contributed by atoms with Gasteiger partial charge in [0.2, 0.25) is 11.6 Å². The molecule has 11 nitrogen and oxygen atoms in total. The Morgan fingerprint density at radius 1 is 0.960 bits per heavy atom. The second-order valence-electron chi connectivity index (χ2n) is 16.2. The summed E-state index contributed by atoms with van der Waals surface area (Å²) in [5.41, 5.74) is -4.15. The summed E-state index contributed by atoms with van der Waals surface area (Å²) >= 11 is 0. The van der Waals surface area contributed by atoms with Gasteiger partial charge in [0, 0.05) is 36.2 Å².